The number of carbonyl (C=O) groups is 1. The minimum atomic E-state index is 0.106. The zero-order chi connectivity index (χ0) is 18.6. The predicted octanol–water partition coefficient (Wildman–Crippen LogP) is 3.33. The molecule has 0 aromatic heterocycles. The van der Waals surface area contributed by atoms with Gasteiger partial charge in [0.1, 0.15) is 11.9 Å². The summed E-state index contributed by atoms with van der Waals surface area (Å²) in [6, 6.07) is 8.62. The summed E-state index contributed by atoms with van der Waals surface area (Å²) in [7, 11) is 1.70. The van der Waals surface area contributed by atoms with Crippen LogP contribution >= 0.6 is 0 Å². The molecule has 1 atom stereocenters. The van der Waals surface area contributed by atoms with E-state index in [0.717, 1.165) is 43.5 Å². The molecule has 0 N–H and O–H groups in total. The zero-order valence-corrected chi connectivity index (χ0v) is 16.4. The number of benzene rings is 1. The monoisotopic (exact) mass is 372 g/mol. The van der Waals surface area contributed by atoms with Crippen LogP contribution in [0.1, 0.15) is 55.3 Å². The molecule has 2 saturated heterocycles. The first-order valence-electron chi connectivity index (χ1n) is 10.6. The van der Waals surface area contributed by atoms with Gasteiger partial charge in [-0.3, -0.25) is 4.79 Å². The normalized spacial score (nSPS) is 28.8. The number of likely N-dealkylation sites (tertiary alicyclic amines) is 2. The number of rotatable bonds is 6. The lowest BCUT2D eigenvalue weighted by atomic mass is 9.86. The number of nitrogens with zero attached hydrogens (tertiary/aromatic N) is 2. The van der Waals surface area contributed by atoms with Crippen LogP contribution in [0.5, 0.6) is 5.75 Å². The molecular weight excluding hydrogens is 340 g/mol. The Bertz CT molecular complexity index is 621. The maximum Gasteiger partial charge on any atom is 0.254 e. The summed E-state index contributed by atoms with van der Waals surface area (Å²) in [5.74, 6) is 0.985. The van der Waals surface area contributed by atoms with E-state index < -0.39 is 0 Å². The lowest BCUT2D eigenvalue weighted by Crippen LogP contribution is -2.50. The maximum absolute atomic E-state index is 12.8. The number of hydrogen-bond acceptors (Lipinski definition) is 4. The van der Waals surface area contributed by atoms with Crippen molar-refractivity contribution >= 4 is 5.91 Å². The largest absolute Gasteiger partial charge is 0.490 e. The standard InChI is InChI=1S/C22H32N2O3/c1-26-16-18-6-5-13-24(18)22(25)17-7-9-20(10-8-17)27-21-14-19(15-21)23-11-3-2-4-12-23/h7-10,18-19,21H,2-6,11-16H2,1H3/t18?,19-,21-. The summed E-state index contributed by atoms with van der Waals surface area (Å²) < 4.78 is 11.4. The zero-order valence-electron chi connectivity index (χ0n) is 16.4. The van der Waals surface area contributed by atoms with Crippen LogP contribution in [0, 0.1) is 0 Å². The third kappa shape index (κ3) is 4.30. The molecular formula is C22H32N2O3. The number of amides is 1. The number of ether oxygens (including phenoxy) is 2. The van der Waals surface area contributed by atoms with E-state index in [4.69, 9.17) is 9.47 Å². The molecule has 1 unspecified atom stereocenters. The highest BCUT2D eigenvalue weighted by Gasteiger charge is 2.35. The van der Waals surface area contributed by atoms with Gasteiger partial charge in [0.2, 0.25) is 0 Å². The summed E-state index contributed by atoms with van der Waals surface area (Å²) in [5.41, 5.74) is 0.741. The highest BCUT2D eigenvalue weighted by molar-refractivity contribution is 5.94. The molecule has 1 aliphatic carbocycles. The van der Waals surface area contributed by atoms with Gasteiger partial charge < -0.3 is 19.3 Å². The molecule has 3 aliphatic rings. The predicted molar refractivity (Wildman–Crippen MR) is 105 cm³/mol. The maximum atomic E-state index is 12.8. The van der Waals surface area contributed by atoms with Crippen LogP contribution in [0.3, 0.4) is 0 Å². The van der Waals surface area contributed by atoms with E-state index in [-0.39, 0.29) is 11.9 Å². The molecule has 0 spiro atoms. The summed E-state index contributed by atoms with van der Waals surface area (Å²) >= 11 is 0. The van der Waals surface area contributed by atoms with Crippen molar-refractivity contribution in [2.24, 2.45) is 0 Å². The smallest absolute Gasteiger partial charge is 0.254 e. The molecule has 1 aromatic rings. The fourth-order valence-electron chi connectivity index (χ4n) is 4.72. The van der Waals surface area contributed by atoms with Gasteiger partial charge in [0, 0.05) is 38.1 Å². The van der Waals surface area contributed by atoms with Gasteiger partial charge in [-0.15, -0.1) is 0 Å². The molecule has 4 rings (SSSR count). The van der Waals surface area contributed by atoms with Crippen molar-refractivity contribution in [2.45, 2.75) is 63.1 Å². The fraction of sp³-hybridized carbons (Fsp3) is 0.682. The molecule has 27 heavy (non-hydrogen) atoms. The first-order chi connectivity index (χ1) is 13.2. The highest BCUT2D eigenvalue weighted by atomic mass is 16.5. The molecule has 0 radical (unpaired) electrons. The van der Waals surface area contributed by atoms with E-state index in [1.54, 1.807) is 7.11 Å². The Morgan fingerprint density at radius 2 is 1.78 bits per heavy atom. The lowest BCUT2D eigenvalue weighted by Gasteiger charge is -2.44. The van der Waals surface area contributed by atoms with Crippen LogP contribution < -0.4 is 4.74 Å². The fourth-order valence-corrected chi connectivity index (χ4v) is 4.72. The van der Waals surface area contributed by atoms with Gasteiger partial charge in [-0.2, -0.15) is 0 Å². The van der Waals surface area contributed by atoms with Gasteiger partial charge in [-0.05, 0) is 63.0 Å². The van der Waals surface area contributed by atoms with Crippen molar-refractivity contribution in [2.75, 3.05) is 33.4 Å². The topological polar surface area (TPSA) is 42.0 Å². The Morgan fingerprint density at radius 3 is 2.48 bits per heavy atom. The van der Waals surface area contributed by atoms with Crippen LogP contribution in [0.25, 0.3) is 0 Å². The van der Waals surface area contributed by atoms with Gasteiger partial charge in [-0.1, -0.05) is 6.42 Å². The second kappa shape index (κ2) is 8.61. The summed E-state index contributed by atoms with van der Waals surface area (Å²) in [5, 5.41) is 0. The average molecular weight is 373 g/mol. The van der Waals surface area contributed by atoms with E-state index in [0.29, 0.717) is 18.8 Å². The minimum absolute atomic E-state index is 0.106. The molecule has 5 nitrogen and oxygen atoms in total. The average Bonchev–Trinajstić information content (AvgIpc) is 3.13. The van der Waals surface area contributed by atoms with Crippen molar-refractivity contribution in [1.82, 2.24) is 9.80 Å². The number of hydrogen-bond donors (Lipinski definition) is 0. The lowest BCUT2D eigenvalue weighted by molar-refractivity contribution is 0.00892. The van der Waals surface area contributed by atoms with Gasteiger partial charge in [-0.25, -0.2) is 0 Å². The molecule has 2 aliphatic heterocycles. The van der Waals surface area contributed by atoms with Gasteiger partial charge in [0.25, 0.3) is 5.91 Å². The van der Waals surface area contributed by atoms with Gasteiger partial charge >= 0.3 is 0 Å². The van der Waals surface area contributed by atoms with E-state index in [2.05, 4.69) is 4.90 Å². The first-order valence-corrected chi connectivity index (χ1v) is 10.6. The van der Waals surface area contributed by atoms with Crippen LogP contribution in [-0.2, 0) is 4.74 Å². The summed E-state index contributed by atoms with van der Waals surface area (Å²) in [4.78, 5) is 17.4. The number of carbonyl (C=O) groups excluding carboxylic acids is 1. The first kappa shape index (κ1) is 18.8. The molecule has 3 fully saturated rings. The van der Waals surface area contributed by atoms with E-state index in [9.17, 15) is 4.79 Å². The SMILES string of the molecule is COCC1CCCN1C(=O)c1ccc(O[C@H]2C[C@H](N3CCCCC3)C2)cc1. The summed E-state index contributed by atoms with van der Waals surface area (Å²) in [6.45, 7) is 3.96. The second-order valence-corrected chi connectivity index (χ2v) is 8.24. The third-order valence-corrected chi connectivity index (χ3v) is 6.38. The second-order valence-electron chi connectivity index (χ2n) is 8.24. The van der Waals surface area contributed by atoms with Crippen molar-refractivity contribution in [3.8, 4) is 5.75 Å². The minimum Gasteiger partial charge on any atom is -0.490 e. The van der Waals surface area contributed by atoms with Crippen LogP contribution in [0.2, 0.25) is 0 Å². The molecule has 0 bridgehead atoms. The Kier molecular flexibility index (Phi) is 5.98. The van der Waals surface area contributed by atoms with Crippen molar-refractivity contribution in [3.63, 3.8) is 0 Å². The molecule has 148 valence electrons. The quantitative estimate of drug-likeness (QED) is 0.768. The molecule has 2 heterocycles. The van der Waals surface area contributed by atoms with E-state index >= 15 is 0 Å². The molecule has 1 saturated carbocycles. The van der Waals surface area contributed by atoms with Crippen LogP contribution in [0.15, 0.2) is 24.3 Å². The van der Waals surface area contributed by atoms with E-state index in [1.165, 1.54) is 32.4 Å². The van der Waals surface area contributed by atoms with Crippen LogP contribution in [-0.4, -0.2) is 67.2 Å². The highest BCUT2D eigenvalue weighted by Crippen LogP contribution is 2.31. The Hall–Kier alpha value is -1.59. The number of methoxy groups -OCH3 is 1. The Labute approximate surface area is 162 Å². The Balaban J connectivity index is 1.27. The Morgan fingerprint density at radius 1 is 1.04 bits per heavy atom. The van der Waals surface area contributed by atoms with Crippen molar-refractivity contribution in [1.29, 1.82) is 0 Å². The van der Waals surface area contributed by atoms with Crippen molar-refractivity contribution in [3.05, 3.63) is 29.8 Å². The van der Waals surface area contributed by atoms with Crippen molar-refractivity contribution < 1.29 is 14.3 Å². The number of piperidine rings is 1. The van der Waals surface area contributed by atoms with Gasteiger partial charge in [0.05, 0.1) is 12.6 Å². The van der Waals surface area contributed by atoms with Gasteiger partial charge in [0.15, 0.2) is 0 Å². The molecule has 1 aromatic carbocycles. The molecule has 1 amide bonds. The van der Waals surface area contributed by atoms with E-state index in [1.807, 2.05) is 29.2 Å². The molecule has 5 heteroatoms. The van der Waals surface area contributed by atoms with Crippen LogP contribution in [0.4, 0.5) is 0 Å². The third-order valence-electron chi connectivity index (χ3n) is 6.38. The summed E-state index contributed by atoms with van der Waals surface area (Å²) in [6.07, 6.45) is 8.75.